The third kappa shape index (κ3) is 2.55. The predicted octanol–water partition coefficient (Wildman–Crippen LogP) is 5.96. The number of halogens is 2. The molecule has 0 radical (unpaired) electrons. The van der Waals surface area contributed by atoms with Gasteiger partial charge in [-0.15, -0.1) is 0 Å². The molecule has 2 saturated carbocycles. The van der Waals surface area contributed by atoms with Crippen LogP contribution in [0.4, 0.5) is 4.39 Å². The quantitative estimate of drug-likeness (QED) is 0.587. The lowest BCUT2D eigenvalue weighted by molar-refractivity contribution is -0.134. The summed E-state index contributed by atoms with van der Waals surface area (Å²) < 4.78 is 19.9. The lowest BCUT2D eigenvalue weighted by atomic mass is 9.48. The molecule has 3 nitrogen and oxygen atoms in total. The number of rotatable bonds is 2. The number of carbonyl (C=O) groups is 1. The Labute approximate surface area is 165 Å². The number of hydrogen-bond donors (Lipinski definition) is 1. The van der Waals surface area contributed by atoms with E-state index in [1.54, 1.807) is 7.11 Å². The first-order valence-corrected chi connectivity index (χ1v) is 10.4. The van der Waals surface area contributed by atoms with E-state index < -0.39 is 11.8 Å². The fourth-order valence-corrected chi connectivity index (χ4v) is 7.35. The van der Waals surface area contributed by atoms with Crippen molar-refractivity contribution in [3.8, 4) is 0 Å². The molecule has 0 spiro atoms. The Morgan fingerprint density at radius 3 is 2.59 bits per heavy atom. The summed E-state index contributed by atoms with van der Waals surface area (Å²) in [6.07, 6.45) is 8.41. The van der Waals surface area contributed by atoms with Crippen molar-refractivity contribution in [3.63, 3.8) is 0 Å². The highest BCUT2D eigenvalue weighted by atomic mass is 35.5. The fourth-order valence-electron chi connectivity index (χ4n) is 6.88. The largest absolute Gasteiger partial charge is 0.500 e. The van der Waals surface area contributed by atoms with Gasteiger partial charge in [0.25, 0.3) is 0 Å². The van der Waals surface area contributed by atoms with Crippen LogP contribution in [-0.4, -0.2) is 18.2 Å². The molecule has 1 N–H and O–H groups in total. The summed E-state index contributed by atoms with van der Waals surface area (Å²) in [5, 5.41) is 9.96. The van der Waals surface area contributed by atoms with E-state index in [4.69, 9.17) is 16.3 Å². The van der Waals surface area contributed by atoms with Gasteiger partial charge in [0.2, 0.25) is 5.83 Å². The van der Waals surface area contributed by atoms with Crippen molar-refractivity contribution in [1.29, 1.82) is 0 Å². The van der Waals surface area contributed by atoms with E-state index >= 15 is 0 Å². The van der Waals surface area contributed by atoms with Gasteiger partial charge in [-0.3, -0.25) is 0 Å². The third-order valence-corrected chi connectivity index (χ3v) is 8.72. The van der Waals surface area contributed by atoms with Crippen molar-refractivity contribution in [2.45, 2.75) is 58.8 Å². The molecule has 4 aliphatic carbocycles. The number of fused-ring (bicyclic) bond motifs is 5. The molecule has 5 heteroatoms. The van der Waals surface area contributed by atoms with Crippen molar-refractivity contribution in [1.82, 2.24) is 0 Å². The van der Waals surface area contributed by atoms with Crippen LogP contribution in [0.15, 0.2) is 33.8 Å². The molecule has 0 saturated heterocycles. The molecule has 0 aromatic carbocycles. The number of aliphatic carboxylic acids is 1. The van der Waals surface area contributed by atoms with Gasteiger partial charge in [-0.25, -0.2) is 4.79 Å². The number of carboxylic acid groups (broad SMARTS) is 1. The summed E-state index contributed by atoms with van der Waals surface area (Å²) in [4.78, 5) is 11.2. The number of allylic oxidation sites excluding steroid dienone is 5. The minimum Gasteiger partial charge on any atom is -0.500 e. The van der Waals surface area contributed by atoms with Crippen molar-refractivity contribution in [2.24, 2.45) is 28.6 Å². The molecular weight excluding hydrogens is 367 g/mol. The number of hydrogen-bond acceptors (Lipinski definition) is 2. The second kappa shape index (κ2) is 6.37. The Balaban J connectivity index is 1.72. The summed E-state index contributed by atoms with van der Waals surface area (Å²) in [5.41, 5.74) is 1.47. The zero-order valence-corrected chi connectivity index (χ0v) is 17.0. The van der Waals surface area contributed by atoms with Gasteiger partial charge >= 0.3 is 5.97 Å². The minimum absolute atomic E-state index is 0.0289. The zero-order valence-electron chi connectivity index (χ0n) is 16.3. The average molecular weight is 395 g/mol. The molecule has 0 amide bonds. The van der Waals surface area contributed by atoms with Crippen molar-refractivity contribution in [2.75, 3.05) is 7.11 Å². The SMILES string of the molecule is COC1=C(Cl)C2=CC[C@@H]3[C@H](CC[C@]4(C)C(=C(F)C(=O)O)CC[C@@H]34)[C@@]2(C)CC1. The molecule has 2 fully saturated rings. The van der Waals surface area contributed by atoms with Crippen LogP contribution < -0.4 is 0 Å². The normalized spacial score (nSPS) is 42.7. The highest BCUT2D eigenvalue weighted by molar-refractivity contribution is 6.32. The van der Waals surface area contributed by atoms with Gasteiger partial charge in [-0.1, -0.05) is 31.5 Å². The van der Waals surface area contributed by atoms with Crippen molar-refractivity contribution >= 4 is 17.6 Å². The Hall–Kier alpha value is -1.29. The van der Waals surface area contributed by atoms with Crippen LogP contribution in [0.3, 0.4) is 0 Å². The first kappa shape index (κ1) is 19.0. The Morgan fingerprint density at radius 2 is 1.93 bits per heavy atom. The molecule has 0 aromatic rings. The molecule has 148 valence electrons. The van der Waals surface area contributed by atoms with Crippen LogP contribution in [0.2, 0.25) is 0 Å². The van der Waals surface area contributed by atoms with Crippen LogP contribution in [0.25, 0.3) is 0 Å². The van der Waals surface area contributed by atoms with Gasteiger partial charge in [0.15, 0.2) is 0 Å². The number of methoxy groups -OCH3 is 1. The van der Waals surface area contributed by atoms with E-state index in [9.17, 15) is 14.3 Å². The Morgan fingerprint density at radius 1 is 1.22 bits per heavy atom. The summed E-state index contributed by atoms with van der Waals surface area (Å²) in [5.74, 6) is -0.125. The second-order valence-corrected chi connectivity index (χ2v) is 9.56. The molecule has 0 unspecified atom stereocenters. The second-order valence-electron chi connectivity index (χ2n) is 9.18. The lowest BCUT2D eigenvalue weighted by Crippen LogP contribution is -2.48. The van der Waals surface area contributed by atoms with E-state index in [2.05, 4.69) is 19.9 Å². The molecule has 0 aromatic heterocycles. The number of carboxylic acids is 1. The van der Waals surface area contributed by atoms with E-state index in [0.29, 0.717) is 29.7 Å². The van der Waals surface area contributed by atoms with Gasteiger partial charge < -0.3 is 9.84 Å². The number of ether oxygens (including phenoxy) is 1. The summed E-state index contributed by atoms with van der Waals surface area (Å²) in [7, 11) is 1.68. The van der Waals surface area contributed by atoms with E-state index in [-0.39, 0.29) is 10.8 Å². The van der Waals surface area contributed by atoms with Gasteiger partial charge in [-0.2, -0.15) is 4.39 Å². The molecule has 4 rings (SSSR count). The smallest absolute Gasteiger partial charge is 0.364 e. The monoisotopic (exact) mass is 394 g/mol. The van der Waals surface area contributed by atoms with Crippen molar-refractivity contribution in [3.05, 3.63) is 33.8 Å². The highest BCUT2D eigenvalue weighted by Crippen LogP contribution is 2.67. The maximum atomic E-state index is 14.4. The standard InChI is InChI=1S/C22H28ClFO3/c1-21-11-9-17(27-3)18(23)15(21)5-4-12-13-6-7-16(19(24)20(25)26)22(13,2)10-8-14(12)21/h5,12-14H,4,6-11H2,1-3H3,(H,25,26)/t12-,13-,14-,21+,22-/m0/s1. The van der Waals surface area contributed by atoms with Gasteiger partial charge in [-0.05, 0) is 78.3 Å². The molecule has 27 heavy (non-hydrogen) atoms. The van der Waals surface area contributed by atoms with E-state index in [1.165, 1.54) is 5.57 Å². The zero-order chi connectivity index (χ0) is 19.6. The lowest BCUT2D eigenvalue weighted by Gasteiger charge is -2.56. The Kier molecular flexibility index (Phi) is 4.49. The topological polar surface area (TPSA) is 46.5 Å². The van der Waals surface area contributed by atoms with Gasteiger partial charge in [0.1, 0.15) is 5.76 Å². The average Bonchev–Trinajstić information content (AvgIpc) is 2.98. The maximum Gasteiger partial charge on any atom is 0.364 e. The predicted molar refractivity (Wildman–Crippen MR) is 103 cm³/mol. The summed E-state index contributed by atoms with van der Waals surface area (Å²) >= 11 is 6.68. The van der Waals surface area contributed by atoms with Gasteiger partial charge in [0.05, 0.1) is 12.1 Å². The Bertz CT molecular complexity index is 782. The molecule has 0 bridgehead atoms. The van der Waals surface area contributed by atoms with E-state index in [0.717, 1.165) is 49.3 Å². The van der Waals surface area contributed by atoms with Crippen molar-refractivity contribution < 1.29 is 19.0 Å². The summed E-state index contributed by atoms with van der Waals surface area (Å²) in [6, 6.07) is 0. The van der Waals surface area contributed by atoms with Gasteiger partial charge in [0, 0.05) is 6.42 Å². The molecule has 0 aliphatic heterocycles. The van der Waals surface area contributed by atoms with Crippen LogP contribution in [-0.2, 0) is 9.53 Å². The highest BCUT2D eigenvalue weighted by Gasteiger charge is 2.58. The first-order chi connectivity index (χ1) is 12.7. The molecular formula is C22H28ClFO3. The first-order valence-electron chi connectivity index (χ1n) is 10.00. The van der Waals surface area contributed by atoms with E-state index in [1.807, 2.05) is 0 Å². The summed E-state index contributed by atoms with van der Waals surface area (Å²) in [6.45, 7) is 4.42. The minimum atomic E-state index is -1.41. The molecule has 0 heterocycles. The third-order valence-electron chi connectivity index (χ3n) is 8.30. The molecule has 4 aliphatic rings. The van der Waals surface area contributed by atoms with Crippen LogP contribution in [0.5, 0.6) is 0 Å². The molecule has 5 atom stereocenters. The van der Waals surface area contributed by atoms with Crippen LogP contribution in [0, 0.1) is 28.6 Å². The maximum absolute atomic E-state index is 14.4. The fraction of sp³-hybridized carbons (Fsp3) is 0.682. The van der Waals surface area contributed by atoms with Crippen LogP contribution >= 0.6 is 11.6 Å². The van der Waals surface area contributed by atoms with Crippen LogP contribution in [0.1, 0.15) is 58.8 Å².